The number of hydrogen-bond acceptors (Lipinski definition) is 7. The third-order valence-electron chi connectivity index (χ3n) is 3.95. The second-order valence-corrected chi connectivity index (χ2v) is 9.11. The number of sulfonamides is 1. The van der Waals surface area contributed by atoms with E-state index in [0.717, 1.165) is 29.1 Å². The van der Waals surface area contributed by atoms with Crippen LogP contribution < -0.4 is 4.72 Å². The van der Waals surface area contributed by atoms with E-state index >= 15 is 0 Å². The molecule has 0 amide bonds. The molecule has 2 N–H and O–H groups in total. The minimum Gasteiger partial charge on any atom is -0.339 e. The van der Waals surface area contributed by atoms with Crippen LogP contribution in [0.25, 0.3) is 10.6 Å². The first kappa shape index (κ1) is 16.4. The number of rotatable bonds is 6. The molecule has 0 saturated heterocycles. The van der Waals surface area contributed by atoms with Gasteiger partial charge in [0.05, 0.1) is 16.3 Å². The number of nitrogens with zero attached hydrogens (tertiary/aromatic N) is 3. The van der Waals surface area contributed by atoms with Crippen LogP contribution >= 0.6 is 11.3 Å². The van der Waals surface area contributed by atoms with Gasteiger partial charge in [-0.1, -0.05) is 5.16 Å². The van der Waals surface area contributed by atoms with Crippen LogP contribution in [0, 0.1) is 13.8 Å². The van der Waals surface area contributed by atoms with Crippen molar-refractivity contribution in [1.82, 2.24) is 25.1 Å². The zero-order valence-electron chi connectivity index (χ0n) is 13.7. The molecule has 0 bridgehead atoms. The summed E-state index contributed by atoms with van der Waals surface area (Å²) < 4.78 is 32.9. The normalized spacial score (nSPS) is 15.0. The minimum atomic E-state index is -3.66. The summed E-state index contributed by atoms with van der Waals surface area (Å²) in [7, 11) is -3.66. The smallest absolute Gasteiger partial charge is 0.242 e. The lowest BCUT2D eigenvalue weighted by Crippen LogP contribution is -2.24. The third kappa shape index (κ3) is 3.37. The lowest BCUT2D eigenvalue weighted by molar-refractivity contribution is 0.373. The number of hydrogen-bond donors (Lipinski definition) is 2. The van der Waals surface area contributed by atoms with Gasteiger partial charge in [0.15, 0.2) is 5.82 Å². The highest BCUT2D eigenvalue weighted by Gasteiger charge is 2.30. The number of thiophene rings is 1. The van der Waals surface area contributed by atoms with Crippen molar-refractivity contribution in [2.75, 3.05) is 0 Å². The summed E-state index contributed by atoms with van der Waals surface area (Å²) in [5, 5.41) is 10.9. The summed E-state index contributed by atoms with van der Waals surface area (Å²) in [5.41, 5.74) is 1.66. The molecule has 3 heterocycles. The van der Waals surface area contributed by atoms with Gasteiger partial charge in [-0.05, 0) is 38.8 Å². The first-order chi connectivity index (χ1) is 11.9. The van der Waals surface area contributed by atoms with Crippen molar-refractivity contribution in [2.45, 2.75) is 44.0 Å². The molecule has 0 atom stereocenters. The van der Waals surface area contributed by atoms with Crippen molar-refractivity contribution in [3.05, 3.63) is 34.4 Å². The molecule has 0 unspecified atom stereocenters. The second kappa shape index (κ2) is 6.04. The zero-order chi connectivity index (χ0) is 17.6. The van der Waals surface area contributed by atoms with Crippen LogP contribution in [0.4, 0.5) is 0 Å². The van der Waals surface area contributed by atoms with Crippen molar-refractivity contribution < 1.29 is 12.9 Å². The van der Waals surface area contributed by atoms with Gasteiger partial charge in [-0.15, -0.1) is 11.3 Å². The van der Waals surface area contributed by atoms with E-state index in [4.69, 9.17) is 4.52 Å². The fourth-order valence-electron chi connectivity index (χ4n) is 2.48. The lowest BCUT2D eigenvalue weighted by Gasteiger charge is -2.03. The van der Waals surface area contributed by atoms with E-state index in [9.17, 15) is 8.42 Å². The molecule has 1 fully saturated rings. The molecule has 8 nitrogen and oxygen atoms in total. The minimum absolute atomic E-state index is 0.00465. The average Bonchev–Trinajstić information content (AvgIpc) is 2.96. The predicted molar refractivity (Wildman–Crippen MR) is 91.7 cm³/mol. The maximum absolute atomic E-state index is 12.6. The summed E-state index contributed by atoms with van der Waals surface area (Å²) in [5.74, 6) is 1.29. The maximum Gasteiger partial charge on any atom is 0.242 e. The van der Waals surface area contributed by atoms with E-state index in [2.05, 4.69) is 25.1 Å². The van der Waals surface area contributed by atoms with Gasteiger partial charge in [0.25, 0.3) is 0 Å². The molecule has 1 saturated carbocycles. The Balaban J connectivity index is 1.52. The number of nitrogens with one attached hydrogen (secondary N) is 2. The molecule has 0 radical (unpaired) electrons. The first-order valence-electron chi connectivity index (χ1n) is 7.87. The SMILES string of the molecule is Cc1cc(-c2cc(S(=O)(=O)NCc3noc(C4CC4)n3)c(C)s2)n[nH]1. The van der Waals surface area contributed by atoms with Crippen LogP contribution in [0.1, 0.15) is 41.0 Å². The highest BCUT2D eigenvalue weighted by Crippen LogP contribution is 2.38. The lowest BCUT2D eigenvalue weighted by atomic mass is 10.3. The standard InChI is InChI=1S/C15H17N5O3S2/c1-8-5-11(19-18-8)12-6-13(9(2)24-12)25(21,22)16-7-14-17-15(23-20-14)10-3-4-10/h5-6,10,16H,3-4,7H2,1-2H3,(H,18,19). The van der Waals surface area contributed by atoms with E-state index in [1.54, 1.807) is 13.0 Å². The molecule has 3 aromatic heterocycles. The van der Waals surface area contributed by atoms with Gasteiger partial charge < -0.3 is 4.52 Å². The predicted octanol–water partition coefficient (Wildman–Crippen LogP) is 2.49. The van der Waals surface area contributed by atoms with Crippen LogP contribution in [0.3, 0.4) is 0 Å². The first-order valence-corrected chi connectivity index (χ1v) is 10.2. The molecule has 25 heavy (non-hydrogen) atoms. The Kier molecular flexibility index (Phi) is 3.97. The number of aromatic amines is 1. The number of H-pyrrole nitrogens is 1. The fourth-order valence-corrected chi connectivity index (χ4v) is 5.01. The Bertz CT molecular complexity index is 1010. The van der Waals surface area contributed by atoms with Crippen LogP contribution in [0.2, 0.25) is 0 Å². The summed E-state index contributed by atoms with van der Waals surface area (Å²) in [6.07, 6.45) is 2.10. The summed E-state index contributed by atoms with van der Waals surface area (Å²) in [6.45, 7) is 3.68. The van der Waals surface area contributed by atoms with Crippen LogP contribution in [0.5, 0.6) is 0 Å². The van der Waals surface area contributed by atoms with E-state index in [1.807, 2.05) is 13.0 Å². The zero-order valence-corrected chi connectivity index (χ0v) is 15.4. The molecule has 0 aromatic carbocycles. The monoisotopic (exact) mass is 379 g/mol. The molecule has 10 heteroatoms. The van der Waals surface area contributed by atoms with Crippen molar-refractivity contribution in [3.63, 3.8) is 0 Å². The summed E-state index contributed by atoms with van der Waals surface area (Å²) in [6, 6.07) is 3.53. The third-order valence-corrected chi connectivity index (χ3v) is 6.68. The summed E-state index contributed by atoms with van der Waals surface area (Å²) in [4.78, 5) is 5.99. The van der Waals surface area contributed by atoms with Gasteiger partial charge in [0.2, 0.25) is 15.9 Å². The molecule has 132 valence electrons. The Labute approximate surface area is 148 Å². The molecule has 1 aliphatic rings. The van der Waals surface area contributed by atoms with Crippen LogP contribution in [0.15, 0.2) is 21.6 Å². The number of aryl methyl sites for hydroxylation is 2. The Hall–Kier alpha value is -2.04. The van der Waals surface area contributed by atoms with Gasteiger partial charge in [-0.2, -0.15) is 10.1 Å². The van der Waals surface area contributed by atoms with E-state index in [0.29, 0.717) is 22.5 Å². The summed E-state index contributed by atoms with van der Waals surface area (Å²) >= 11 is 1.39. The van der Waals surface area contributed by atoms with Crippen LogP contribution in [-0.2, 0) is 16.6 Å². The van der Waals surface area contributed by atoms with Crippen LogP contribution in [-0.4, -0.2) is 28.8 Å². The highest BCUT2D eigenvalue weighted by molar-refractivity contribution is 7.89. The number of aromatic nitrogens is 4. The van der Waals surface area contributed by atoms with Gasteiger partial charge in [-0.3, -0.25) is 5.10 Å². The Morgan fingerprint density at radius 1 is 1.36 bits per heavy atom. The van der Waals surface area contributed by atoms with Gasteiger partial charge in [0.1, 0.15) is 5.69 Å². The average molecular weight is 379 g/mol. The van der Waals surface area contributed by atoms with Crippen molar-refractivity contribution >= 4 is 21.4 Å². The topological polar surface area (TPSA) is 114 Å². The molecule has 0 spiro atoms. The molecule has 4 rings (SSSR count). The highest BCUT2D eigenvalue weighted by atomic mass is 32.2. The Morgan fingerprint density at radius 3 is 2.84 bits per heavy atom. The van der Waals surface area contributed by atoms with Gasteiger partial charge in [0, 0.05) is 16.5 Å². The molecule has 0 aliphatic heterocycles. The van der Waals surface area contributed by atoms with Crippen molar-refractivity contribution in [1.29, 1.82) is 0 Å². The van der Waals surface area contributed by atoms with Crippen molar-refractivity contribution in [2.24, 2.45) is 0 Å². The van der Waals surface area contributed by atoms with E-state index in [-0.39, 0.29) is 11.4 Å². The van der Waals surface area contributed by atoms with Crippen molar-refractivity contribution in [3.8, 4) is 10.6 Å². The second-order valence-electron chi connectivity index (χ2n) is 6.11. The fraction of sp³-hybridized carbons (Fsp3) is 0.400. The van der Waals surface area contributed by atoms with E-state index < -0.39 is 10.0 Å². The quantitative estimate of drug-likeness (QED) is 0.680. The molecular formula is C15H17N5O3S2. The molecule has 1 aliphatic carbocycles. The van der Waals surface area contributed by atoms with E-state index in [1.165, 1.54) is 11.3 Å². The largest absolute Gasteiger partial charge is 0.339 e. The molecule has 3 aromatic rings. The maximum atomic E-state index is 12.6. The molecular weight excluding hydrogens is 362 g/mol. The van der Waals surface area contributed by atoms with Gasteiger partial charge in [-0.25, -0.2) is 13.1 Å². The van der Waals surface area contributed by atoms with Gasteiger partial charge >= 0.3 is 0 Å². The Morgan fingerprint density at radius 2 is 2.16 bits per heavy atom.